The van der Waals surface area contributed by atoms with Crippen molar-refractivity contribution in [2.45, 2.75) is 19.4 Å². The zero-order valence-electron chi connectivity index (χ0n) is 10.8. The molecule has 0 spiro atoms. The molecule has 0 atom stereocenters. The Morgan fingerprint density at radius 3 is 2.79 bits per heavy atom. The van der Waals surface area contributed by atoms with Gasteiger partial charge in [-0.25, -0.2) is 9.18 Å². The first-order valence-electron chi connectivity index (χ1n) is 6.57. The zero-order chi connectivity index (χ0) is 13.7. The maximum absolute atomic E-state index is 13.4. The number of amides is 2. The van der Waals surface area contributed by atoms with Gasteiger partial charge in [-0.2, -0.15) is 0 Å². The van der Waals surface area contributed by atoms with Crippen molar-refractivity contribution in [1.29, 1.82) is 0 Å². The molecule has 19 heavy (non-hydrogen) atoms. The van der Waals surface area contributed by atoms with Gasteiger partial charge in [0, 0.05) is 25.2 Å². The summed E-state index contributed by atoms with van der Waals surface area (Å²) in [7, 11) is 0. The van der Waals surface area contributed by atoms with Crippen LogP contribution in [0.15, 0.2) is 24.3 Å². The van der Waals surface area contributed by atoms with Crippen LogP contribution in [0, 0.1) is 11.7 Å². The normalized spacial score (nSPS) is 14.2. The maximum Gasteiger partial charge on any atom is 0.317 e. The molecular formula is C14H19FN2O2. The quantitative estimate of drug-likeness (QED) is 0.824. The molecule has 2 N–H and O–H groups in total. The molecule has 0 saturated heterocycles. The van der Waals surface area contributed by atoms with E-state index in [-0.39, 0.29) is 25.0 Å². The Balaban J connectivity index is 1.85. The van der Waals surface area contributed by atoms with Gasteiger partial charge < -0.3 is 15.3 Å². The number of halogens is 1. The molecule has 0 heterocycles. The predicted octanol–water partition coefficient (Wildman–Crippen LogP) is 1.74. The van der Waals surface area contributed by atoms with Gasteiger partial charge in [-0.15, -0.1) is 0 Å². The van der Waals surface area contributed by atoms with Crippen LogP contribution in [0.1, 0.15) is 18.4 Å². The largest absolute Gasteiger partial charge is 0.395 e. The molecule has 0 bridgehead atoms. The van der Waals surface area contributed by atoms with E-state index >= 15 is 0 Å². The second kappa shape index (κ2) is 6.52. The minimum Gasteiger partial charge on any atom is -0.395 e. The Bertz CT molecular complexity index is 435. The minimum absolute atomic E-state index is 0.0557. The van der Waals surface area contributed by atoms with Crippen LogP contribution in [0.25, 0.3) is 0 Å². The van der Waals surface area contributed by atoms with E-state index in [9.17, 15) is 9.18 Å². The highest BCUT2D eigenvalue weighted by Gasteiger charge is 2.26. The van der Waals surface area contributed by atoms with Crippen molar-refractivity contribution in [3.05, 3.63) is 35.6 Å². The summed E-state index contributed by atoms with van der Waals surface area (Å²) in [4.78, 5) is 13.6. The third kappa shape index (κ3) is 4.21. The molecule has 1 fully saturated rings. The first-order valence-corrected chi connectivity index (χ1v) is 6.57. The Morgan fingerprint density at radius 1 is 1.42 bits per heavy atom. The van der Waals surface area contributed by atoms with Gasteiger partial charge in [-0.1, -0.05) is 18.2 Å². The number of hydrogen-bond acceptors (Lipinski definition) is 2. The molecule has 1 aromatic carbocycles. The first-order chi connectivity index (χ1) is 9.20. The number of nitrogens with zero attached hydrogens (tertiary/aromatic N) is 1. The Morgan fingerprint density at radius 2 is 2.16 bits per heavy atom. The molecule has 1 aliphatic rings. The van der Waals surface area contributed by atoms with Crippen LogP contribution in [-0.4, -0.2) is 35.7 Å². The van der Waals surface area contributed by atoms with E-state index in [0.29, 0.717) is 24.6 Å². The number of benzene rings is 1. The average Bonchev–Trinajstić information content (AvgIpc) is 3.21. The average molecular weight is 266 g/mol. The van der Waals surface area contributed by atoms with E-state index in [1.165, 1.54) is 6.07 Å². The van der Waals surface area contributed by atoms with Crippen molar-refractivity contribution < 1.29 is 14.3 Å². The van der Waals surface area contributed by atoms with Crippen LogP contribution in [0.4, 0.5) is 9.18 Å². The van der Waals surface area contributed by atoms with E-state index in [1.807, 2.05) is 0 Å². The molecule has 0 radical (unpaired) electrons. The molecule has 2 rings (SSSR count). The maximum atomic E-state index is 13.4. The molecule has 1 aromatic rings. The SMILES string of the molecule is O=C(NCc1ccccc1F)N(CCO)CC1CC1. The van der Waals surface area contributed by atoms with Gasteiger partial charge in [-0.3, -0.25) is 0 Å². The number of hydrogen-bond donors (Lipinski definition) is 2. The van der Waals surface area contributed by atoms with Crippen LogP contribution >= 0.6 is 0 Å². The third-order valence-electron chi connectivity index (χ3n) is 3.22. The minimum atomic E-state index is -0.321. The zero-order valence-corrected chi connectivity index (χ0v) is 10.8. The summed E-state index contributed by atoms with van der Waals surface area (Å²) in [5.41, 5.74) is 0.464. The predicted molar refractivity (Wildman–Crippen MR) is 70.0 cm³/mol. The lowest BCUT2D eigenvalue weighted by molar-refractivity contribution is 0.174. The molecular weight excluding hydrogens is 247 g/mol. The lowest BCUT2D eigenvalue weighted by Gasteiger charge is -2.22. The summed E-state index contributed by atoms with van der Waals surface area (Å²) < 4.78 is 13.4. The van der Waals surface area contributed by atoms with Crippen LogP contribution in [0.2, 0.25) is 0 Å². The molecule has 0 unspecified atom stereocenters. The van der Waals surface area contributed by atoms with Crippen molar-refractivity contribution in [2.75, 3.05) is 19.7 Å². The number of aliphatic hydroxyl groups is 1. The van der Waals surface area contributed by atoms with Gasteiger partial charge in [-0.05, 0) is 24.8 Å². The molecule has 0 aliphatic heterocycles. The molecule has 2 amide bonds. The fourth-order valence-corrected chi connectivity index (χ4v) is 1.93. The summed E-state index contributed by atoms with van der Waals surface area (Å²) in [5, 5.41) is 11.7. The molecule has 5 heteroatoms. The second-order valence-corrected chi connectivity index (χ2v) is 4.86. The molecule has 1 aliphatic carbocycles. The summed E-state index contributed by atoms with van der Waals surface area (Å²) in [6, 6.07) is 6.13. The highest BCUT2D eigenvalue weighted by Crippen LogP contribution is 2.29. The lowest BCUT2D eigenvalue weighted by Crippen LogP contribution is -2.42. The van der Waals surface area contributed by atoms with E-state index in [1.54, 1.807) is 23.1 Å². The second-order valence-electron chi connectivity index (χ2n) is 4.86. The topological polar surface area (TPSA) is 52.6 Å². The van der Waals surface area contributed by atoms with Gasteiger partial charge in [0.1, 0.15) is 5.82 Å². The fourth-order valence-electron chi connectivity index (χ4n) is 1.93. The number of carbonyl (C=O) groups excluding carboxylic acids is 1. The van der Waals surface area contributed by atoms with Gasteiger partial charge >= 0.3 is 6.03 Å². The lowest BCUT2D eigenvalue weighted by atomic mass is 10.2. The van der Waals surface area contributed by atoms with Gasteiger partial charge in [0.2, 0.25) is 0 Å². The van der Waals surface area contributed by atoms with Gasteiger partial charge in [0.05, 0.1) is 6.61 Å². The summed E-state index contributed by atoms with van der Waals surface area (Å²) in [5.74, 6) is 0.240. The standard InChI is InChI=1S/C14H19FN2O2/c15-13-4-2-1-3-12(13)9-16-14(19)17(7-8-18)10-11-5-6-11/h1-4,11,18H,5-10H2,(H,16,19). The van der Waals surface area contributed by atoms with Crippen LogP contribution in [0.5, 0.6) is 0 Å². The van der Waals surface area contributed by atoms with E-state index < -0.39 is 0 Å². The van der Waals surface area contributed by atoms with E-state index in [2.05, 4.69) is 5.32 Å². The van der Waals surface area contributed by atoms with Gasteiger partial charge in [0.15, 0.2) is 0 Å². The fraction of sp³-hybridized carbons (Fsp3) is 0.500. The monoisotopic (exact) mass is 266 g/mol. The molecule has 104 valence electrons. The van der Waals surface area contributed by atoms with Crippen molar-refractivity contribution >= 4 is 6.03 Å². The van der Waals surface area contributed by atoms with Crippen molar-refractivity contribution in [3.8, 4) is 0 Å². The molecule has 4 nitrogen and oxygen atoms in total. The van der Waals surface area contributed by atoms with Crippen LogP contribution < -0.4 is 5.32 Å². The van der Waals surface area contributed by atoms with E-state index in [4.69, 9.17) is 5.11 Å². The summed E-state index contributed by atoms with van der Waals surface area (Å²) in [6.45, 7) is 1.10. The van der Waals surface area contributed by atoms with Crippen molar-refractivity contribution in [3.63, 3.8) is 0 Å². The first kappa shape index (κ1) is 13.8. The Kier molecular flexibility index (Phi) is 4.74. The van der Waals surface area contributed by atoms with Gasteiger partial charge in [0.25, 0.3) is 0 Å². The summed E-state index contributed by atoms with van der Waals surface area (Å²) >= 11 is 0. The number of aliphatic hydroxyl groups excluding tert-OH is 1. The molecule has 0 aromatic heterocycles. The third-order valence-corrected chi connectivity index (χ3v) is 3.22. The number of carbonyl (C=O) groups is 1. The van der Waals surface area contributed by atoms with Crippen molar-refractivity contribution in [2.24, 2.45) is 5.92 Å². The summed E-state index contributed by atoms with van der Waals surface area (Å²) in [6.07, 6.45) is 2.28. The molecule has 1 saturated carbocycles. The van der Waals surface area contributed by atoms with Crippen LogP contribution in [0.3, 0.4) is 0 Å². The van der Waals surface area contributed by atoms with Crippen LogP contribution in [-0.2, 0) is 6.54 Å². The Hall–Kier alpha value is -1.62. The number of urea groups is 1. The highest BCUT2D eigenvalue weighted by atomic mass is 19.1. The van der Waals surface area contributed by atoms with Crippen molar-refractivity contribution in [1.82, 2.24) is 10.2 Å². The number of rotatable bonds is 6. The number of nitrogens with one attached hydrogen (secondary N) is 1. The smallest absolute Gasteiger partial charge is 0.317 e. The Labute approximate surface area is 112 Å². The highest BCUT2D eigenvalue weighted by molar-refractivity contribution is 5.74. The van der Waals surface area contributed by atoms with E-state index in [0.717, 1.165) is 12.8 Å².